The molecule has 2 aromatic rings. The van der Waals surface area contributed by atoms with E-state index in [1.165, 1.54) is 18.2 Å². The third-order valence-electron chi connectivity index (χ3n) is 3.66. The van der Waals surface area contributed by atoms with E-state index in [0.29, 0.717) is 4.47 Å². The average Bonchev–Trinajstić information content (AvgIpc) is 2.42. The van der Waals surface area contributed by atoms with Gasteiger partial charge in [-0.05, 0) is 43.0 Å². The summed E-state index contributed by atoms with van der Waals surface area (Å²) in [4.78, 5) is 14.1. The minimum atomic E-state index is -0.640. The highest BCUT2D eigenvalue weighted by Crippen LogP contribution is 2.33. The third kappa shape index (κ3) is 2.85. The normalized spacial score (nSPS) is 17.4. The van der Waals surface area contributed by atoms with E-state index in [1.54, 1.807) is 6.07 Å². The van der Waals surface area contributed by atoms with Crippen LogP contribution >= 0.6 is 15.9 Å². The van der Waals surface area contributed by atoms with Crippen LogP contribution in [0.4, 0.5) is 14.5 Å². The second-order valence-electron chi connectivity index (χ2n) is 5.09. The number of H-pyrrole nitrogens is 1. The summed E-state index contributed by atoms with van der Waals surface area (Å²) >= 11 is 3.06. The number of aromatic amines is 1. The number of halogens is 3. The summed E-state index contributed by atoms with van der Waals surface area (Å²) in [6.07, 6.45) is 2.38. The Labute approximate surface area is 128 Å². The number of rotatable bonds is 2. The first-order valence-corrected chi connectivity index (χ1v) is 7.47. The Hall–Kier alpha value is -1.69. The number of benzene rings is 1. The largest absolute Gasteiger partial charge is 0.373 e. The van der Waals surface area contributed by atoms with Gasteiger partial charge in [-0.3, -0.25) is 4.79 Å². The van der Waals surface area contributed by atoms with Gasteiger partial charge in [0.05, 0.1) is 6.04 Å². The van der Waals surface area contributed by atoms with Gasteiger partial charge in [-0.1, -0.05) is 15.9 Å². The lowest BCUT2D eigenvalue weighted by atomic mass is 9.91. The van der Waals surface area contributed by atoms with Crippen LogP contribution in [0.15, 0.2) is 33.5 Å². The Kier molecular flexibility index (Phi) is 3.80. The first kappa shape index (κ1) is 14.3. The summed E-state index contributed by atoms with van der Waals surface area (Å²) in [5.41, 5.74) is 1.43. The van der Waals surface area contributed by atoms with Crippen molar-refractivity contribution in [2.24, 2.45) is 0 Å². The second-order valence-corrected chi connectivity index (χ2v) is 6.01. The Bertz CT molecular complexity index is 722. The first-order valence-electron chi connectivity index (χ1n) is 6.68. The highest BCUT2D eigenvalue weighted by molar-refractivity contribution is 9.10. The van der Waals surface area contributed by atoms with Gasteiger partial charge in [0.25, 0.3) is 0 Å². The molecule has 0 spiro atoms. The van der Waals surface area contributed by atoms with E-state index in [4.69, 9.17) is 0 Å². The van der Waals surface area contributed by atoms with Crippen molar-refractivity contribution in [1.29, 1.82) is 0 Å². The zero-order chi connectivity index (χ0) is 15.0. The number of fused-ring (bicyclic) bond motifs is 1. The highest BCUT2D eigenvalue weighted by atomic mass is 79.9. The summed E-state index contributed by atoms with van der Waals surface area (Å²) in [5, 5.41) is 2.93. The fourth-order valence-corrected chi connectivity index (χ4v) is 3.11. The maximum Gasteiger partial charge on any atom is 0.248 e. The molecule has 2 N–H and O–H groups in total. The van der Waals surface area contributed by atoms with Crippen molar-refractivity contribution in [3.05, 3.63) is 62.0 Å². The fourth-order valence-electron chi connectivity index (χ4n) is 2.70. The van der Waals surface area contributed by atoms with Gasteiger partial charge < -0.3 is 10.3 Å². The highest BCUT2D eigenvalue weighted by Gasteiger charge is 2.23. The van der Waals surface area contributed by atoms with Gasteiger partial charge in [0.1, 0.15) is 17.3 Å². The smallest absolute Gasteiger partial charge is 0.248 e. The number of nitrogens with one attached hydrogen (secondary N) is 2. The van der Waals surface area contributed by atoms with Gasteiger partial charge >= 0.3 is 0 Å². The number of pyridine rings is 1. The molecule has 0 radical (unpaired) electrons. The molecule has 1 atom stereocenters. The SMILES string of the molecule is O=c1ccc2c([nH]1)CCCC2Nc1c(F)cc(Br)cc1F. The maximum atomic E-state index is 13.9. The molecule has 1 aliphatic carbocycles. The Morgan fingerprint density at radius 1 is 1.24 bits per heavy atom. The molecular weight excluding hydrogens is 342 g/mol. The summed E-state index contributed by atoms with van der Waals surface area (Å²) in [6.45, 7) is 0. The molecule has 6 heteroatoms. The summed E-state index contributed by atoms with van der Waals surface area (Å²) < 4.78 is 28.2. The molecule has 0 fully saturated rings. The van der Waals surface area contributed by atoms with Crippen molar-refractivity contribution in [1.82, 2.24) is 4.98 Å². The van der Waals surface area contributed by atoms with Gasteiger partial charge in [0.15, 0.2) is 0 Å². The van der Waals surface area contributed by atoms with Crippen molar-refractivity contribution in [3.63, 3.8) is 0 Å². The average molecular weight is 355 g/mol. The number of anilines is 1. The van der Waals surface area contributed by atoms with Crippen molar-refractivity contribution >= 4 is 21.6 Å². The minimum absolute atomic E-state index is 0.137. The van der Waals surface area contributed by atoms with Gasteiger partial charge in [-0.25, -0.2) is 8.78 Å². The van der Waals surface area contributed by atoms with Crippen LogP contribution in [-0.4, -0.2) is 4.98 Å². The molecule has 110 valence electrons. The van der Waals surface area contributed by atoms with Gasteiger partial charge in [-0.2, -0.15) is 0 Å². The maximum absolute atomic E-state index is 13.9. The summed E-state index contributed by atoms with van der Waals surface area (Å²) in [5.74, 6) is -1.28. The standard InChI is InChI=1S/C15H13BrF2N2O/c16-8-6-10(17)15(11(18)7-8)20-13-3-1-2-12-9(13)4-5-14(21)19-12/h4-7,13,20H,1-3H2,(H,19,21). The van der Waals surface area contributed by atoms with Crippen LogP contribution in [0.25, 0.3) is 0 Å². The van der Waals surface area contributed by atoms with Crippen LogP contribution < -0.4 is 10.9 Å². The van der Waals surface area contributed by atoms with E-state index in [1.807, 2.05) is 0 Å². The van der Waals surface area contributed by atoms with Crippen LogP contribution in [0.3, 0.4) is 0 Å². The lowest BCUT2D eigenvalue weighted by Crippen LogP contribution is -2.22. The number of hydrogen-bond acceptors (Lipinski definition) is 2. The van der Waals surface area contributed by atoms with Gasteiger partial charge in [-0.15, -0.1) is 0 Å². The molecule has 1 unspecified atom stereocenters. The van der Waals surface area contributed by atoms with Gasteiger partial charge in [0, 0.05) is 16.2 Å². The number of hydrogen-bond donors (Lipinski definition) is 2. The molecular formula is C15H13BrF2N2O. The van der Waals surface area contributed by atoms with E-state index in [-0.39, 0.29) is 17.3 Å². The zero-order valence-corrected chi connectivity index (χ0v) is 12.6. The Morgan fingerprint density at radius 3 is 2.67 bits per heavy atom. The lowest BCUT2D eigenvalue weighted by molar-refractivity contribution is 0.555. The van der Waals surface area contributed by atoms with Gasteiger partial charge in [0.2, 0.25) is 5.56 Å². The molecule has 21 heavy (non-hydrogen) atoms. The quantitative estimate of drug-likeness (QED) is 0.858. The van der Waals surface area contributed by atoms with Crippen molar-refractivity contribution in [2.45, 2.75) is 25.3 Å². The number of aryl methyl sites for hydroxylation is 1. The first-order chi connectivity index (χ1) is 10.0. The molecule has 1 heterocycles. The molecule has 0 saturated carbocycles. The van der Waals surface area contributed by atoms with Crippen molar-refractivity contribution in [3.8, 4) is 0 Å². The van der Waals surface area contributed by atoms with Crippen LogP contribution in [0.5, 0.6) is 0 Å². The monoisotopic (exact) mass is 354 g/mol. The fraction of sp³-hybridized carbons (Fsp3) is 0.267. The van der Waals surface area contributed by atoms with Crippen molar-refractivity contribution < 1.29 is 8.78 Å². The molecule has 0 aliphatic heterocycles. The molecule has 0 bridgehead atoms. The van der Waals surface area contributed by atoms with Crippen LogP contribution in [0.2, 0.25) is 0 Å². The predicted octanol–water partition coefficient (Wildman–Crippen LogP) is 3.91. The van der Waals surface area contributed by atoms with Crippen LogP contribution in [0, 0.1) is 11.6 Å². The van der Waals surface area contributed by atoms with E-state index in [0.717, 1.165) is 30.5 Å². The second kappa shape index (κ2) is 5.60. The van der Waals surface area contributed by atoms with Crippen LogP contribution in [0.1, 0.15) is 30.1 Å². The lowest BCUT2D eigenvalue weighted by Gasteiger charge is -2.27. The van der Waals surface area contributed by atoms with Crippen LogP contribution in [-0.2, 0) is 6.42 Å². The van der Waals surface area contributed by atoms with E-state index < -0.39 is 11.6 Å². The molecule has 0 amide bonds. The molecule has 1 aromatic carbocycles. The molecule has 3 rings (SSSR count). The zero-order valence-electron chi connectivity index (χ0n) is 11.1. The summed E-state index contributed by atoms with van der Waals surface area (Å²) in [6, 6.07) is 5.40. The van der Waals surface area contributed by atoms with E-state index >= 15 is 0 Å². The minimum Gasteiger partial charge on any atom is -0.373 e. The Morgan fingerprint density at radius 2 is 1.95 bits per heavy atom. The van der Waals surface area contributed by atoms with Crippen molar-refractivity contribution in [2.75, 3.05) is 5.32 Å². The molecule has 1 aromatic heterocycles. The third-order valence-corrected chi connectivity index (χ3v) is 4.12. The Balaban J connectivity index is 1.96. The molecule has 0 saturated heterocycles. The van der Waals surface area contributed by atoms with E-state index in [9.17, 15) is 13.6 Å². The topological polar surface area (TPSA) is 44.9 Å². The number of aromatic nitrogens is 1. The summed E-state index contributed by atoms with van der Waals surface area (Å²) in [7, 11) is 0. The molecule has 3 nitrogen and oxygen atoms in total. The predicted molar refractivity (Wildman–Crippen MR) is 80.4 cm³/mol. The van der Waals surface area contributed by atoms with E-state index in [2.05, 4.69) is 26.2 Å². The molecule has 1 aliphatic rings.